The number of carbonyl (C=O) groups excluding carboxylic acids is 1. The average Bonchev–Trinajstić information content (AvgIpc) is 2.72. The lowest BCUT2D eigenvalue weighted by atomic mass is 10.1. The van der Waals surface area contributed by atoms with E-state index in [0.29, 0.717) is 6.54 Å². The summed E-state index contributed by atoms with van der Waals surface area (Å²) in [6.45, 7) is 7.91. The summed E-state index contributed by atoms with van der Waals surface area (Å²) >= 11 is 0. The molecule has 0 aliphatic carbocycles. The monoisotopic (exact) mass is 307 g/mol. The van der Waals surface area contributed by atoms with E-state index < -0.39 is 15.0 Å². The van der Waals surface area contributed by atoms with Crippen molar-refractivity contribution in [1.82, 2.24) is 4.57 Å². The van der Waals surface area contributed by atoms with Gasteiger partial charge in [-0.25, -0.2) is 13.2 Å². The van der Waals surface area contributed by atoms with E-state index in [1.54, 1.807) is 13.8 Å². The first-order valence-corrected chi connectivity index (χ1v) is 8.33. The van der Waals surface area contributed by atoms with Gasteiger partial charge in [0.25, 0.3) is 9.05 Å². The molecule has 0 N–H and O–H groups in total. The average molecular weight is 308 g/mol. The van der Waals surface area contributed by atoms with Crippen LogP contribution in [0.25, 0.3) is 0 Å². The number of aromatic nitrogens is 1. The van der Waals surface area contributed by atoms with E-state index in [-0.39, 0.29) is 22.6 Å². The number of nitrogens with zero attached hydrogens (tertiary/aromatic N) is 1. The highest BCUT2D eigenvalue weighted by Crippen LogP contribution is 2.20. The van der Waals surface area contributed by atoms with E-state index >= 15 is 0 Å². The summed E-state index contributed by atoms with van der Waals surface area (Å²) < 4.78 is 29.3. The Morgan fingerprint density at radius 3 is 2.42 bits per heavy atom. The van der Waals surface area contributed by atoms with Gasteiger partial charge in [0.05, 0.1) is 0 Å². The van der Waals surface area contributed by atoms with Crippen molar-refractivity contribution < 1.29 is 17.9 Å². The zero-order valence-corrected chi connectivity index (χ0v) is 13.0. The molecular weight excluding hydrogens is 290 g/mol. The molecule has 0 saturated heterocycles. The van der Waals surface area contributed by atoms with Crippen LogP contribution in [0.2, 0.25) is 0 Å². The summed E-state index contributed by atoms with van der Waals surface area (Å²) in [5.74, 6) is -0.361. The number of rotatable bonds is 5. The van der Waals surface area contributed by atoms with Crippen LogP contribution in [0.1, 0.15) is 38.2 Å². The molecule has 0 aliphatic heterocycles. The van der Waals surface area contributed by atoms with Crippen molar-refractivity contribution in [2.24, 2.45) is 5.92 Å². The van der Waals surface area contributed by atoms with Crippen molar-refractivity contribution in [2.45, 2.75) is 45.2 Å². The first-order chi connectivity index (χ1) is 8.66. The standard InChI is InChI=1S/C12H18ClNO4S/c1-5-14-7-10(19(13,16)17)6-11(14)12(15)18-9(4)8(2)3/h6-9H,5H2,1-4H3. The van der Waals surface area contributed by atoms with Crippen LogP contribution in [0, 0.1) is 5.92 Å². The van der Waals surface area contributed by atoms with Gasteiger partial charge < -0.3 is 9.30 Å². The fourth-order valence-electron chi connectivity index (χ4n) is 1.41. The fourth-order valence-corrected chi connectivity index (χ4v) is 2.17. The maximum atomic E-state index is 12.0. The Morgan fingerprint density at radius 2 is 2.00 bits per heavy atom. The third-order valence-corrected chi connectivity index (χ3v) is 4.26. The molecular formula is C12H18ClNO4S. The van der Waals surface area contributed by atoms with Gasteiger partial charge in [-0.05, 0) is 25.8 Å². The van der Waals surface area contributed by atoms with E-state index in [0.717, 1.165) is 0 Å². The molecule has 1 aromatic rings. The van der Waals surface area contributed by atoms with Gasteiger partial charge >= 0.3 is 5.97 Å². The minimum absolute atomic E-state index is 0.0971. The Bertz CT molecular complexity index is 562. The molecule has 0 bridgehead atoms. The summed E-state index contributed by atoms with van der Waals surface area (Å²) in [5.41, 5.74) is 0.189. The molecule has 0 spiro atoms. The molecule has 1 aromatic heterocycles. The van der Waals surface area contributed by atoms with E-state index in [1.807, 2.05) is 13.8 Å². The second kappa shape index (κ2) is 5.96. The van der Waals surface area contributed by atoms with E-state index in [1.165, 1.54) is 16.8 Å². The molecule has 19 heavy (non-hydrogen) atoms. The first kappa shape index (κ1) is 16.0. The first-order valence-electron chi connectivity index (χ1n) is 6.02. The summed E-state index contributed by atoms with van der Waals surface area (Å²) in [5, 5.41) is 0. The Hall–Kier alpha value is -1.01. The van der Waals surface area contributed by atoms with Gasteiger partial charge in [0.2, 0.25) is 0 Å². The van der Waals surface area contributed by atoms with Gasteiger partial charge in [0.1, 0.15) is 16.7 Å². The van der Waals surface area contributed by atoms with Crippen molar-refractivity contribution in [3.63, 3.8) is 0 Å². The van der Waals surface area contributed by atoms with Gasteiger partial charge in [-0.2, -0.15) is 0 Å². The molecule has 0 aliphatic rings. The van der Waals surface area contributed by atoms with Crippen LogP contribution in [0.15, 0.2) is 17.2 Å². The summed E-state index contributed by atoms with van der Waals surface area (Å²) in [7, 11) is 1.42. The second-order valence-corrected chi connectivity index (χ2v) is 7.21. The quantitative estimate of drug-likeness (QED) is 0.619. The molecule has 7 heteroatoms. The second-order valence-electron chi connectivity index (χ2n) is 4.64. The SMILES string of the molecule is CCn1cc(S(=O)(=O)Cl)cc1C(=O)OC(C)C(C)C. The largest absolute Gasteiger partial charge is 0.458 e. The smallest absolute Gasteiger partial charge is 0.355 e. The molecule has 108 valence electrons. The van der Waals surface area contributed by atoms with Gasteiger partial charge in [0.15, 0.2) is 0 Å². The number of esters is 1. The number of hydrogen-bond acceptors (Lipinski definition) is 4. The Kier molecular flexibility index (Phi) is 5.04. The zero-order chi connectivity index (χ0) is 14.8. The molecule has 0 saturated carbocycles. The summed E-state index contributed by atoms with van der Waals surface area (Å²) in [6.07, 6.45) is 1.09. The Balaban J connectivity index is 3.06. The fraction of sp³-hybridized carbons (Fsp3) is 0.583. The Labute approximate surface area is 117 Å². The highest BCUT2D eigenvalue weighted by molar-refractivity contribution is 8.13. The van der Waals surface area contributed by atoms with Crippen LogP contribution in [0.4, 0.5) is 0 Å². The maximum Gasteiger partial charge on any atom is 0.355 e. The van der Waals surface area contributed by atoms with Gasteiger partial charge in [-0.1, -0.05) is 13.8 Å². The lowest BCUT2D eigenvalue weighted by Crippen LogP contribution is -2.21. The lowest BCUT2D eigenvalue weighted by molar-refractivity contribution is 0.0226. The molecule has 1 heterocycles. The molecule has 0 aromatic carbocycles. The maximum absolute atomic E-state index is 12.0. The predicted octanol–water partition coefficient (Wildman–Crippen LogP) is 2.64. The van der Waals surface area contributed by atoms with Crippen molar-refractivity contribution in [3.05, 3.63) is 18.0 Å². The number of halogens is 1. The third-order valence-electron chi connectivity index (χ3n) is 2.93. The molecule has 0 amide bonds. The molecule has 1 unspecified atom stereocenters. The van der Waals surface area contributed by atoms with Crippen molar-refractivity contribution in [1.29, 1.82) is 0 Å². The molecule has 5 nitrogen and oxygen atoms in total. The van der Waals surface area contributed by atoms with Crippen LogP contribution in [0.5, 0.6) is 0 Å². The van der Waals surface area contributed by atoms with Gasteiger partial charge in [-0.3, -0.25) is 0 Å². The minimum Gasteiger partial charge on any atom is -0.458 e. The van der Waals surface area contributed by atoms with E-state index in [2.05, 4.69) is 0 Å². The van der Waals surface area contributed by atoms with Crippen LogP contribution >= 0.6 is 10.7 Å². The predicted molar refractivity (Wildman–Crippen MR) is 72.9 cm³/mol. The van der Waals surface area contributed by atoms with Crippen LogP contribution in [-0.2, 0) is 20.3 Å². The number of aryl methyl sites for hydroxylation is 1. The van der Waals surface area contributed by atoms with E-state index in [9.17, 15) is 13.2 Å². The third kappa shape index (κ3) is 3.98. The van der Waals surface area contributed by atoms with Crippen molar-refractivity contribution in [3.8, 4) is 0 Å². The molecule has 1 rings (SSSR count). The van der Waals surface area contributed by atoms with Crippen molar-refractivity contribution in [2.75, 3.05) is 0 Å². The normalized spacial score (nSPS) is 13.6. The van der Waals surface area contributed by atoms with Crippen LogP contribution in [-0.4, -0.2) is 25.1 Å². The number of ether oxygens (including phenoxy) is 1. The summed E-state index contributed by atoms with van der Waals surface area (Å²) in [4.78, 5) is 11.9. The molecule has 1 atom stereocenters. The minimum atomic E-state index is -3.85. The topological polar surface area (TPSA) is 65.4 Å². The number of carbonyl (C=O) groups is 1. The molecule has 0 radical (unpaired) electrons. The highest BCUT2D eigenvalue weighted by atomic mass is 35.7. The van der Waals surface area contributed by atoms with E-state index in [4.69, 9.17) is 15.4 Å². The van der Waals surface area contributed by atoms with Gasteiger partial charge in [0, 0.05) is 23.4 Å². The van der Waals surface area contributed by atoms with Crippen molar-refractivity contribution >= 4 is 25.7 Å². The zero-order valence-electron chi connectivity index (χ0n) is 11.4. The Morgan fingerprint density at radius 1 is 1.42 bits per heavy atom. The summed E-state index contributed by atoms with van der Waals surface area (Å²) in [6, 6.07) is 1.24. The number of hydrogen-bond donors (Lipinski definition) is 0. The van der Waals surface area contributed by atoms with Gasteiger partial charge in [-0.15, -0.1) is 0 Å². The highest BCUT2D eigenvalue weighted by Gasteiger charge is 2.22. The van der Waals surface area contributed by atoms with Crippen LogP contribution < -0.4 is 0 Å². The van der Waals surface area contributed by atoms with Crippen LogP contribution in [0.3, 0.4) is 0 Å². The molecule has 0 fully saturated rings. The lowest BCUT2D eigenvalue weighted by Gasteiger charge is -2.16.